The Hall–Kier alpha value is -2.85. The van der Waals surface area contributed by atoms with Crippen LogP contribution in [0.1, 0.15) is 29.0 Å². The van der Waals surface area contributed by atoms with E-state index in [-0.39, 0.29) is 0 Å². The smallest absolute Gasteiger partial charge is 0.185 e. The zero-order chi connectivity index (χ0) is 18.5. The van der Waals surface area contributed by atoms with E-state index >= 15 is 0 Å². The number of para-hydroxylation sites is 1. The molecular weight excluding hydrogens is 336 g/mol. The number of furan rings is 1. The lowest BCUT2D eigenvalue weighted by molar-refractivity contribution is 0.110. The van der Waals surface area contributed by atoms with Crippen molar-refractivity contribution in [3.63, 3.8) is 0 Å². The lowest BCUT2D eigenvalue weighted by Gasteiger charge is -2.33. The number of carbonyl (C=O) groups is 1. The van der Waals surface area contributed by atoms with E-state index in [4.69, 9.17) is 4.42 Å². The van der Waals surface area contributed by atoms with Crippen molar-refractivity contribution in [2.75, 3.05) is 18.4 Å². The van der Waals surface area contributed by atoms with E-state index in [2.05, 4.69) is 46.6 Å². The molecule has 1 aliphatic heterocycles. The fourth-order valence-corrected chi connectivity index (χ4v) is 3.68. The maximum absolute atomic E-state index is 10.9. The second kappa shape index (κ2) is 8.23. The second-order valence-corrected chi connectivity index (χ2v) is 7.05. The van der Waals surface area contributed by atoms with Crippen LogP contribution in [-0.4, -0.2) is 30.3 Å². The minimum Gasteiger partial charge on any atom is -0.453 e. The first-order chi connectivity index (χ1) is 13.3. The van der Waals surface area contributed by atoms with Gasteiger partial charge in [0.2, 0.25) is 0 Å². The standard InChI is InChI=1S/C23H24N2O2/c26-17-20-10-11-23(27-20)21-8-4-5-9-22(21)24-19-12-14-25(15-13-19)16-18-6-2-1-3-7-18/h1-11,17,19,24H,12-16H2. The van der Waals surface area contributed by atoms with Crippen molar-refractivity contribution in [1.29, 1.82) is 0 Å². The third-order valence-corrected chi connectivity index (χ3v) is 5.13. The Kier molecular flexibility index (Phi) is 5.35. The Morgan fingerprint density at radius 1 is 0.963 bits per heavy atom. The van der Waals surface area contributed by atoms with Gasteiger partial charge < -0.3 is 9.73 Å². The lowest BCUT2D eigenvalue weighted by Crippen LogP contribution is -2.38. The van der Waals surface area contributed by atoms with Crippen LogP contribution in [0, 0.1) is 0 Å². The molecule has 4 nitrogen and oxygen atoms in total. The molecule has 1 fully saturated rings. The predicted molar refractivity (Wildman–Crippen MR) is 108 cm³/mol. The van der Waals surface area contributed by atoms with Gasteiger partial charge in [-0.05, 0) is 42.7 Å². The first-order valence-corrected chi connectivity index (χ1v) is 9.49. The van der Waals surface area contributed by atoms with E-state index in [1.165, 1.54) is 5.56 Å². The summed E-state index contributed by atoms with van der Waals surface area (Å²) >= 11 is 0. The van der Waals surface area contributed by atoms with E-state index < -0.39 is 0 Å². The van der Waals surface area contributed by atoms with Gasteiger partial charge in [-0.2, -0.15) is 0 Å². The number of anilines is 1. The fourth-order valence-electron chi connectivity index (χ4n) is 3.68. The molecule has 2 aromatic carbocycles. The number of carbonyl (C=O) groups excluding carboxylic acids is 1. The molecule has 1 saturated heterocycles. The molecule has 0 aliphatic carbocycles. The molecule has 0 saturated carbocycles. The van der Waals surface area contributed by atoms with Crippen molar-refractivity contribution in [2.45, 2.75) is 25.4 Å². The molecule has 0 spiro atoms. The van der Waals surface area contributed by atoms with Gasteiger partial charge in [0.25, 0.3) is 0 Å². The molecule has 138 valence electrons. The molecule has 0 radical (unpaired) electrons. The molecule has 27 heavy (non-hydrogen) atoms. The molecule has 1 N–H and O–H groups in total. The molecule has 4 rings (SSSR count). The SMILES string of the molecule is O=Cc1ccc(-c2ccccc2NC2CCN(Cc3ccccc3)CC2)o1. The average molecular weight is 360 g/mol. The van der Waals surface area contributed by atoms with Crippen molar-refractivity contribution in [2.24, 2.45) is 0 Å². The van der Waals surface area contributed by atoms with Gasteiger partial charge in [-0.3, -0.25) is 9.69 Å². The Morgan fingerprint density at radius 3 is 2.44 bits per heavy atom. The second-order valence-electron chi connectivity index (χ2n) is 7.05. The Labute approximate surface area is 159 Å². The van der Waals surface area contributed by atoms with Crippen LogP contribution in [0.5, 0.6) is 0 Å². The summed E-state index contributed by atoms with van der Waals surface area (Å²) in [6, 6.07) is 22.8. The van der Waals surface area contributed by atoms with E-state index in [0.29, 0.717) is 11.8 Å². The first-order valence-electron chi connectivity index (χ1n) is 9.49. The zero-order valence-corrected chi connectivity index (χ0v) is 15.3. The first kappa shape index (κ1) is 17.6. The summed E-state index contributed by atoms with van der Waals surface area (Å²) in [5.41, 5.74) is 3.43. The number of rotatable bonds is 6. The molecule has 3 aromatic rings. The number of hydrogen-bond donors (Lipinski definition) is 1. The number of benzene rings is 2. The van der Waals surface area contributed by atoms with E-state index in [1.54, 1.807) is 6.07 Å². The Balaban J connectivity index is 1.39. The van der Waals surface area contributed by atoms with Crippen LogP contribution in [-0.2, 0) is 6.54 Å². The van der Waals surface area contributed by atoms with Crippen LogP contribution in [0.15, 0.2) is 71.1 Å². The van der Waals surface area contributed by atoms with Crippen LogP contribution in [0.3, 0.4) is 0 Å². The summed E-state index contributed by atoms with van der Waals surface area (Å²) in [6.07, 6.45) is 2.96. The summed E-state index contributed by atoms with van der Waals surface area (Å²) in [6.45, 7) is 3.19. The van der Waals surface area contributed by atoms with E-state index in [0.717, 1.165) is 55.8 Å². The van der Waals surface area contributed by atoms with Gasteiger partial charge in [0.05, 0.1) is 0 Å². The van der Waals surface area contributed by atoms with Crippen molar-refractivity contribution in [1.82, 2.24) is 4.90 Å². The predicted octanol–water partition coefficient (Wildman–Crippen LogP) is 4.84. The third-order valence-electron chi connectivity index (χ3n) is 5.13. The van der Waals surface area contributed by atoms with Crippen LogP contribution in [0.2, 0.25) is 0 Å². The normalized spacial score (nSPS) is 15.6. The van der Waals surface area contributed by atoms with Gasteiger partial charge in [-0.25, -0.2) is 0 Å². The fraction of sp³-hybridized carbons (Fsp3) is 0.261. The van der Waals surface area contributed by atoms with Crippen LogP contribution in [0.4, 0.5) is 5.69 Å². The van der Waals surface area contributed by atoms with Crippen LogP contribution in [0.25, 0.3) is 11.3 Å². The molecule has 0 bridgehead atoms. The monoisotopic (exact) mass is 360 g/mol. The molecule has 0 unspecified atom stereocenters. The number of nitrogens with zero attached hydrogens (tertiary/aromatic N) is 1. The van der Waals surface area contributed by atoms with Gasteiger partial charge in [-0.15, -0.1) is 0 Å². The van der Waals surface area contributed by atoms with Crippen LogP contribution < -0.4 is 5.32 Å². The van der Waals surface area contributed by atoms with Gasteiger partial charge in [0, 0.05) is 36.9 Å². The zero-order valence-electron chi connectivity index (χ0n) is 15.3. The van der Waals surface area contributed by atoms with Crippen molar-refractivity contribution < 1.29 is 9.21 Å². The molecule has 2 heterocycles. The summed E-state index contributed by atoms with van der Waals surface area (Å²) in [4.78, 5) is 13.4. The molecule has 1 aliphatic rings. The number of piperidine rings is 1. The highest BCUT2D eigenvalue weighted by atomic mass is 16.3. The maximum Gasteiger partial charge on any atom is 0.185 e. The topological polar surface area (TPSA) is 45.5 Å². The number of hydrogen-bond acceptors (Lipinski definition) is 4. The van der Waals surface area contributed by atoms with E-state index in [9.17, 15) is 4.79 Å². The van der Waals surface area contributed by atoms with Crippen LogP contribution >= 0.6 is 0 Å². The number of likely N-dealkylation sites (tertiary alicyclic amines) is 1. The summed E-state index contributed by atoms with van der Waals surface area (Å²) in [5, 5.41) is 3.68. The Morgan fingerprint density at radius 2 is 1.70 bits per heavy atom. The average Bonchev–Trinajstić information content (AvgIpc) is 3.20. The maximum atomic E-state index is 10.9. The van der Waals surface area contributed by atoms with Crippen molar-refractivity contribution in [3.8, 4) is 11.3 Å². The van der Waals surface area contributed by atoms with Crippen molar-refractivity contribution in [3.05, 3.63) is 78.1 Å². The molecule has 4 heteroatoms. The highest BCUT2D eigenvalue weighted by Gasteiger charge is 2.20. The quantitative estimate of drug-likeness (QED) is 0.639. The van der Waals surface area contributed by atoms with Gasteiger partial charge in [0.15, 0.2) is 12.0 Å². The number of aldehydes is 1. The van der Waals surface area contributed by atoms with E-state index in [1.807, 2.05) is 24.3 Å². The highest BCUT2D eigenvalue weighted by Crippen LogP contribution is 2.30. The molecule has 1 aromatic heterocycles. The largest absolute Gasteiger partial charge is 0.453 e. The third kappa shape index (κ3) is 4.29. The van der Waals surface area contributed by atoms with Crippen molar-refractivity contribution >= 4 is 12.0 Å². The lowest BCUT2D eigenvalue weighted by atomic mass is 10.0. The highest BCUT2D eigenvalue weighted by molar-refractivity contribution is 5.78. The summed E-state index contributed by atoms with van der Waals surface area (Å²) < 4.78 is 5.62. The Bertz CT molecular complexity index is 880. The molecule has 0 amide bonds. The minimum absolute atomic E-state index is 0.356. The molecular formula is C23H24N2O2. The van der Waals surface area contributed by atoms with Gasteiger partial charge in [0.1, 0.15) is 5.76 Å². The van der Waals surface area contributed by atoms with Gasteiger partial charge >= 0.3 is 0 Å². The number of nitrogens with one attached hydrogen (secondary N) is 1. The van der Waals surface area contributed by atoms with Gasteiger partial charge in [-0.1, -0.05) is 42.5 Å². The molecule has 0 atom stereocenters. The summed E-state index contributed by atoms with van der Waals surface area (Å²) in [5.74, 6) is 1.08. The summed E-state index contributed by atoms with van der Waals surface area (Å²) in [7, 11) is 0. The minimum atomic E-state index is 0.356.